The molecular formula is C19H19ClN2O6S. The van der Waals surface area contributed by atoms with Gasteiger partial charge >= 0.3 is 11.9 Å². The molecule has 1 aliphatic heterocycles. The zero-order chi connectivity index (χ0) is 21.6. The van der Waals surface area contributed by atoms with Crippen LogP contribution in [0, 0.1) is 17.2 Å². The molecule has 10 heteroatoms. The molecule has 29 heavy (non-hydrogen) atoms. The summed E-state index contributed by atoms with van der Waals surface area (Å²) in [6, 6.07) is 6.83. The van der Waals surface area contributed by atoms with Crippen molar-refractivity contribution in [2.75, 3.05) is 26.6 Å². The highest BCUT2D eigenvalue weighted by molar-refractivity contribution is 8.03. The third-order valence-corrected chi connectivity index (χ3v) is 5.45. The molecule has 8 nitrogen and oxygen atoms in total. The molecule has 0 aromatic heterocycles. The molecule has 0 spiro atoms. The fraction of sp³-hybridized carbons (Fsp3) is 0.368. The van der Waals surface area contributed by atoms with E-state index in [4.69, 9.17) is 21.1 Å². The fourth-order valence-electron chi connectivity index (χ4n) is 2.85. The maximum Gasteiger partial charge on any atom is 0.319 e. The van der Waals surface area contributed by atoms with Crippen molar-refractivity contribution in [3.63, 3.8) is 0 Å². The van der Waals surface area contributed by atoms with Gasteiger partial charge in [0.25, 0.3) is 0 Å². The minimum atomic E-state index is -1.29. The molecule has 0 unspecified atom stereocenters. The normalized spacial score (nSPS) is 18.5. The number of nitrogens with one attached hydrogen (secondary N) is 1. The van der Waals surface area contributed by atoms with E-state index >= 15 is 0 Å². The number of nitrogens with zero attached hydrogens (tertiary/aromatic N) is 1. The van der Waals surface area contributed by atoms with Gasteiger partial charge in [0.15, 0.2) is 0 Å². The maximum absolute atomic E-state index is 12.7. The molecule has 0 fully saturated rings. The maximum atomic E-state index is 12.7. The molecule has 1 amide bonds. The molecule has 0 bridgehead atoms. The lowest BCUT2D eigenvalue weighted by Crippen LogP contribution is -2.44. The van der Waals surface area contributed by atoms with E-state index in [0.717, 1.165) is 18.9 Å². The van der Waals surface area contributed by atoms with Gasteiger partial charge in [-0.1, -0.05) is 29.4 Å². The minimum absolute atomic E-state index is 0.114. The molecule has 1 heterocycles. The molecule has 2 atom stereocenters. The average molecular weight is 439 g/mol. The fourth-order valence-corrected chi connectivity index (χ4v) is 3.98. The van der Waals surface area contributed by atoms with Crippen LogP contribution in [0.2, 0.25) is 5.02 Å². The van der Waals surface area contributed by atoms with Crippen molar-refractivity contribution < 1.29 is 28.6 Å². The second-order valence-electron chi connectivity index (χ2n) is 5.81. The number of esters is 2. The predicted molar refractivity (Wildman–Crippen MR) is 106 cm³/mol. The van der Waals surface area contributed by atoms with Crippen molar-refractivity contribution in [2.45, 2.75) is 12.8 Å². The summed E-state index contributed by atoms with van der Waals surface area (Å²) in [4.78, 5) is 36.5. The highest BCUT2D eigenvalue weighted by Gasteiger charge is 2.44. The Labute approximate surface area is 177 Å². The van der Waals surface area contributed by atoms with E-state index in [1.165, 1.54) is 7.11 Å². The van der Waals surface area contributed by atoms with Gasteiger partial charge in [-0.2, -0.15) is 5.26 Å². The molecule has 0 aliphatic carbocycles. The zero-order valence-electron chi connectivity index (χ0n) is 16.0. The number of hydrogen-bond donors (Lipinski definition) is 1. The Hall–Kier alpha value is -2.70. The highest BCUT2D eigenvalue weighted by atomic mass is 35.5. The van der Waals surface area contributed by atoms with Crippen LogP contribution in [0.3, 0.4) is 0 Å². The van der Waals surface area contributed by atoms with Crippen LogP contribution in [0.25, 0.3) is 0 Å². The Balaban J connectivity index is 2.57. The Morgan fingerprint density at radius 1 is 1.31 bits per heavy atom. The zero-order valence-corrected chi connectivity index (χ0v) is 17.6. The number of rotatable bonds is 7. The molecule has 0 saturated carbocycles. The Kier molecular flexibility index (Phi) is 7.93. The van der Waals surface area contributed by atoms with Crippen LogP contribution in [-0.4, -0.2) is 44.4 Å². The largest absolute Gasteiger partial charge is 0.492 e. The molecule has 0 saturated heterocycles. The number of carbonyl (C=O) groups excluding carboxylic acids is 3. The van der Waals surface area contributed by atoms with E-state index in [2.05, 4.69) is 10.1 Å². The number of halogens is 1. The number of thioether (sulfide) groups is 1. The molecule has 0 radical (unpaired) electrons. The van der Waals surface area contributed by atoms with Crippen molar-refractivity contribution >= 4 is 41.2 Å². The first-order valence-electron chi connectivity index (χ1n) is 8.52. The molecule has 1 aromatic rings. The van der Waals surface area contributed by atoms with Gasteiger partial charge in [0.1, 0.15) is 11.7 Å². The summed E-state index contributed by atoms with van der Waals surface area (Å²) >= 11 is 7.21. The van der Waals surface area contributed by atoms with Crippen molar-refractivity contribution in [3.05, 3.63) is 39.4 Å². The number of ether oxygens (including phenoxy) is 3. The summed E-state index contributed by atoms with van der Waals surface area (Å²) in [5.74, 6) is -3.85. The standard InChI is InChI=1S/C19H19ClN2O6S/c1-4-28-13-6-5-10(7-12(13)20)15-11(8-21)18(29-9-14(23)26-2)22-17(24)16(15)19(25)27-3/h5-7,15-16H,4,9H2,1-3H3,(H,22,24)/t15-,16-/m1/s1. The Morgan fingerprint density at radius 2 is 2.03 bits per heavy atom. The summed E-state index contributed by atoms with van der Waals surface area (Å²) in [5, 5.41) is 12.8. The van der Waals surface area contributed by atoms with E-state index in [0.29, 0.717) is 17.9 Å². The van der Waals surface area contributed by atoms with Crippen molar-refractivity contribution in [2.24, 2.45) is 5.92 Å². The third-order valence-electron chi connectivity index (χ3n) is 4.16. The quantitative estimate of drug-likeness (QED) is 0.509. The third kappa shape index (κ3) is 5.02. The summed E-state index contributed by atoms with van der Waals surface area (Å²) in [6.45, 7) is 2.22. The van der Waals surface area contributed by atoms with Crippen LogP contribution in [0.1, 0.15) is 18.4 Å². The molecule has 1 aromatic carbocycles. The van der Waals surface area contributed by atoms with Crippen molar-refractivity contribution in [1.29, 1.82) is 5.26 Å². The Morgan fingerprint density at radius 3 is 2.59 bits per heavy atom. The lowest BCUT2D eigenvalue weighted by atomic mass is 9.78. The molecule has 2 rings (SSSR count). The van der Waals surface area contributed by atoms with Gasteiger partial charge in [0.05, 0.1) is 48.3 Å². The molecule has 1 N–H and O–H groups in total. The van der Waals surface area contributed by atoms with Gasteiger partial charge in [-0.3, -0.25) is 14.4 Å². The van der Waals surface area contributed by atoms with Crippen LogP contribution in [0.4, 0.5) is 0 Å². The van der Waals surface area contributed by atoms with E-state index < -0.39 is 29.7 Å². The minimum Gasteiger partial charge on any atom is -0.492 e. The summed E-state index contributed by atoms with van der Waals surface area (Å²) in [6.07, 6.45) is 0. The predicted octanol–water partition coefficient (Wildman–Crippen LogP) is 2.38. The van der Waals surface area contributed by atoms with Crippen LogP contribution >= 0.6 is 23.4 Å². The first kappa shape index (κ1) is 22.6. The SMILES string of the molecule is CCOc1ccc([C@@H]2C(C#N)=C(SCC(=O)OC)NC(=O)[C@@H]2C(=O)OC)cc1Cl. The second kappa shape index (κ2) is 10.2. The molecule has 154 valence electrons. The molecular weight excluding hydrogens is 420 g/mol. The van der Waals surface area contributed by atoms with Gasteiger partial charge in [-0.25, -0.2) is 0 Å². The summed E-state index contributed by atoms with van der Waals surface area (Å²) in [7, 11) is 2.40. The van der Waals surface area contributed by atoms with Crippen molar-refractivity contribution in [3.8, 4) is 11.8 Å². The van der Waals surface area contributed by atoms with E-state index in [1.54, 1.807) is 18.2 Å². The first-order chi connectivity index (χ1) is 13.9. The monoisotopic (exact) mass is 438 g/mol. The number of nitriles is 1. The van der Waals surface area contributed by atoms with Gasteiger partial charge in [-0.15, -0.1) is 0 Å². The number of hydrogen-bond acceptors (Lipinski definition) is 8. The average Bonchev–Trinajstić information content (AvgIpc) is 2.72. The number of allylic oxidation sites excluding steroid dienone is 1. The van der Waals surface area contributed by atoms with E-state index in [-0.39, 0.29) is 21.4 Å². The second-order valence-corrected chi connectivity index (χ2v) is 7.20. The van der Waals surface area contributed by atoms with Crippen LogP contribution in [0.5, 0.6) is 5.75 Å². The summed E-state index contributed by atoms with van der Waals surface area (Å²) < 4.78 is 14.8. The Bertz CT molecular complexity index is 895. The summed E-state index contributed by atoms with van der Waals surface area (Å²) in [5.41, 5.74) is 0.588. The first-order valence-corrected chi connectivity index (χ1v) is 9.89. The lowest BCUT2D eigenvalue weighted by Gasteiger charge is -2.31. The van der Waals surface area contributed by atoms with Crippen LogP contribution < -0.4 is 10.1 Å². The van der Waals surface area contributed by atoms with E-state index in [1.807, 2.05) is 13.0 Å². The smallest absolute Gasteiger partial charge is 0.319 e. The van der Waals surface area contributed by atoms with Crippen molar-refractivity contribution in [1.82, 2.24) is 5.32 Å². The lowest BCUT2D eigenvalue weighted by molar-refractivity contribution is -0.150. The van der Waals surface area contributed by atoms with Crippen LogP contribution in [0.15, 0.2) is 28.8 Å². The van der Waals surface area contributed by atoms with Gasteiger partial charge in [-0.05, 0) is 24.6 Å². The van der Waals surface area contributed by atoms with Gasteiger partial charge in [0, 0.05) is 5.92 Å². The number of carbonyl (C=O) groups is 3. The molecule has 1 aliphatic rings. The highest BCUT2D eigenvalue weighted by Crippen LogP contribution is 2.42. The van der Waals surface area contributed by atoms with Gasteiger partial charge < -0.3 is 19.5 Å². The van der Waals surface area contributed by atoms with E-state index in [9.17, 15) is 19.6 Å². The number of amides is 1. The number of benzene rings is 1. The topological polar surface area (TPSA) is 115 Å². The van der Waals surface area contributed by atoms with Gasteiger partial charge in [0.2, 0.25) is 5.91 Å². The number of methoxy groups -OCH3 is 2. The van der Waals surface area contributed by atoms with Crippen LogP contribution in [-0.2, 0) is 23.9 Å².